The molecular weight excluding hydrogens is 284 g/mol. The first-order valence-electron chi connectivity index (χ1n) is 5.59. The molecule has 0 radical (unpaired) electrons. The molecule has 0 aromatic heterocycles. The molecule has 0 saturated heterocycles. The van der Waals surface area contributed by atoms with E-state index < -0.39 is 22.0 Å². The third-order valence-electron chi connectivity index (χ3n) is 2.46. The summed E-state index contributed by atoms with van der Waals surface area (Å²) in [4.78, 5) is 13.8. The normalized spacial score (nSPS) is 12.3. The third kappa shape index (κ3) is 4.23. The number of methoxy groups -OCH3 is 1. The Morgan fingerprint density at radius 3 is 2.55 bits per heavy atom. The molecule has 0 heterocycles. The highest BCUT2D eigenvalue weighted by Gasteiger charge is 2.21. The molecule has 8 nitrogen and oxygen atoms in total. The molecule has 108 valence electrons. The summed E-state index contributed by atoms with van der Waals surface area (Å²) in [6.45, 7) is 1.46. The second-order valence-electron chi connectivity index (χ2n) is 3.91. The SMILES string of the molecule is COC(=O)[C@H](CNS(=O)(=O)c1ccc(C)cc1)N=[N+]=[N-]. The van der Waals surface area contributed by atoms with E-state index in [9.17, 15) is 13.2 Å². The highest BCUT2D eigenvalue weighted by atomic mass is 32.2. The molecule has 0 aliphatic heterocycles. The minimum Gasteiger partial charge on any atom is -0.469 e. The van der Waals surface area contributed by atoms with E-state index in [1.54, 1.807) is 12.1 Å². The van der Waals surface area contributed by atoms with Gasteiger partial charge in [0, 0.05) is 11.5 Å². The van der Waals surface area contributed by atoms with E-state index in [0.717, 1.165) is 12.7 Å². The first kappa shape index (κ1) is 16.0. The van der Waals surface area contributed by atoms with Crippen LogP contribution in [0.1, 0.15) is 5.56 Å². The number of rotatable bonds is 6. The third-order valence-corrected chi connectivity index (χ3v) is 3.90. The number of nitrogens with one attached hydrogen (secondary N) is 1. The van der Waals surface area contributed by atoms with Crippen molar-refractivity contribution in [2.45, 2.75) is 17.9 Å². The topological polar surface area (TPSA) is 121 Å². The van der Waals surface area contributed by atoms with Gasteiger partial charge in [0.05, 0.1) is 12.0 Å². The fourth-order valence-electron chi connectivity index (χ4n) is 1.36. The van der Waals surface area contributed by atoms with Gasteiger partial charge in [-0.05, 0) is 24.6 Å². The zero-order valence-corrected chi connectivity index (χ0v) is 11.8. The number of carbonyl (C=O) groups is 1. The van der Waals surface area contributed by atoms with Gasteiger partial charge in [0.25, 0.3) is 0 Å². The van der Waals surface area contributed by atoms with E-state index in [0.29, 0.717) is 0 Å². The monoisotopic (exact) mass is 298 g/mol. The Bertz CT molecular complexity index is 620. The van der Waals surface area contributed by atoms with Crippen molar-refractivity contribution in [1.29, 1.82) is 0 Å². The van der Waals surface area contributed by atoms with Gasteiger partial charge in [-0.1, -0.05) is 22.8 Å². The maximum Gasteiger partial charge on any atom is 0.315 e. The van der Waals surface area contributed by atoms with Crippen LogP contribution in [0.4, 0.5) is 0 Å². The Hall–Kier alpha value is -2.09. The maximum atomic E-state index is 12.0. The first-order chi connectivity index (χ1) is 9.40. The summed E-state index contributed by atoms with van der Waals surface area (Å²) in [6.07, 6.45) is 0. The van der Waals surface area contributed by atoms with Crippen molar-refractivity contribution >= 4 is 16.0 Å². The van der Waals surface area contributed by atoms with Gasteiger partial charge in [-0.15, -0.1) is 0 Å². The number of aryl methyl sites for hydroxylation is 1. The Balaban J connectivity index is 2.83. The van der Waals surface area contributed by atoms with E-state index in [2.05, 4.69) is 19.5 Å². The number of ether oxygens (including phenoxy) is 1. The molecule has 1 N–H and O–H groups in total. The zero-order valence-electron chi connectivity index (χ0n) is 11.0. The average Bonchev–Trinajstić information content (AvgIpc) is 2.43. The van der Waals surface area contributed by atoms with Gasteiger partial charge < -0.3 is 4.74 Å². The van der Waals surface area contributed by atoms with Crippen molar-refractivity contribution in [3.63, 3.8) is 0 Å². The number of azide groups is 1. The number of carbonyl (C=O) groups excluding carboxylic acids is 1. The summed E-state index contributed by atoms with van der Waals surface area (Å²) in [5, 5.41) is 3.18. The highest BCUT2D eigenvalue weighted by Crippen LogP contribution is 2.10. The lowest BCUT2D eigenvalue weighted by Crippen LogP contribution is -2.36. The Labute approximate surface area is 116 Å². The van der Waals surface area contributed by atoms with Crippen molar-refractivity contribution in [2.24, 2.45) is 5.11 Å². The molecular formula is C11H14N4O4S. The van der Waals surface area contributed by atoms with Crippen LogP contribution in [-0.2, 0) is 19.6 Å². The van der Waals surface area contributed by atoms with Crippen LogP contribution in [0.3, 0.4) is 0 Å². The zero-order chi connectivity index (χ0) is 15.2. The summed E-state index contributed by atoms with van der Waals surface area (Å²) in [5.74, 6) is -0.811. The summed E-state index contributed by atoms with van der Waals surface area (Å²) in [7, 11) is -2.65. The van der Waals surface area contributed by atoms with Crippen molar-refractivity contribution < 1.29 is 17.9 Å². The van der Waals surface area contributed by atoms with Gasteiger partial charge in [-0.2, -0.15) is 0 Å². The van der Waals surface area contributed by atoms with Gasteiger partial charge in [-0.25, -0.2) is 13.1 Å². The molecule has 1 rings (SSSR count). The summed E-state index contributed by atoms with van der Waals surface area (Å²) in [5.41, 5.74) is 9.25. The van der Waals surface area contributed by atoms with Crippen molar-refractivity contribution in [3.05, 3.63) is 40.3 Å². The summed E-state index contributed by atoms with van der Waals surface area (Å²) < 4.78 is 30.5. The second kappa shape index (κ2) is 6.90. The van der Waals surface area contributed by atoms with Crippen LogP contribution in [0.15, 0.2) is 34.3 Å². The van der Waals surface area contributed by atoms with Crippen LogP contribution in [0, 0.1) is 6.92 Å². The lowest BCUT2D eigenvalue weighted by atomic mass is 10.2. The molecule has 1 atom stereocenters. The quantitative estimate of drug-likeness (QED) is 0.366. The van der Waals surface area contributed by atoms with Gasteiger partial charge in [-0.3, -0.25) is 4.79 Å². The molecule has 1 aromatic rings. The molecule has 20 heavy (non-hydrogen) atoms. The van der Waals surface area contributed by atoms with Crippen LogP contribution in [0.2, 0.25) is 0 Å². The summed E-state index contributed by atoms with van der Waals surface area (Å²) >= 11 is 0. The summed E-state index contributed by atoms with van der Waals surface area (Å²) in [6, 6.07) is 4.95. The van der Waals surface area contributed by atoms with E-state index in [1.807, 2.05) is 6.92 Å². The fourth-order valence-corrected chi connectivity index (χ4v) is 2.40. The molecule has 0 saturated carbocycles. The van der Waals surface area contributed by atoms with Gasteiger partial charge in [0.2, 0.25) is 10.0 Å². The fraction of sp³-hybridized carbons (Fsp3) is 0.364. The molecule has 0 aliphatic rings. The highest BCUT2D eigenvalue weighted by molar-refractivity contribution is 7.89. The Morgan fingerprint density at radius 2 is 2.05 bits per heavy atom. The second-order valence-corrected chi connectivity index (χ2v) is 5.68. The standard InChI is InChI=1S/C11H14N4O4S/c1-8-3-5-9(6-4-8)20(17,18)13-7-10(14-15-12)11(16)19-2/h3-6,10,13H,7H2,1-2H3/t10-/m0/s1. The minimum atomic E-state index is -3.77. The van der Waals surface area contributed by atoms with Crippen LogP contribution in [0.5, 0.6) is 0 Å². The Morgan fingerprint density at radius 1 is 1.45 bits per heavy atom. The average molecular weight is 298 g/mol. The number of hydrogen-bond donors (Lipinski definition) is 1. The molecule has 0 fully saturated rings. The maximum absolute atomic E-state index is 12.0. The predicted octanol–water partition coefficient (Wildman–Crippen LogP) is 1.13. The number of nitrogens with zero attached hydrogens (tertiary/aromatic N) is 3. The van der Waals surface area contributed by atoms with E-state index in [4.69, 9.17) is 5.53 Å². The van der Waals surface area contributed by atoms with Crippen LogP contribution < -0.4 is 4.72 Å². The first-order valence-corrected chi connectivity index (χ1v) is 7.07. The number of esters is 1. The van der Waals surface area contributed by atoms with Crippen molar-refractivity contribution in [3.8, 4) is 0 Å². The number of benzene rings is 1. The molecule has 0 spiro atoms. The largest absolute Gasteiger partial charge is 0.469 e. The van der Waals surface area contributed by atoms with E-state index in [1.165, 1.54) is 12.1 Å². The Kier molecular flexibility index (Phi) is 5.51. The molecule has 0 unspecified atom stereocenters. The van der Waals surface area contributed by atoms with Crippen LogP contribution in [-0.4, -0.2) is 34.1 Å². The molecule has 9 heteroatoms. The van der Waals surface area contributed by atoms with Crippen molar-refractivity contribution in [2.75, 3.05) is 13.7 Å². The van der Waals surface area contributed by atoms with E-state index in [-0.39, 0.29) is 11.4 Å². The molecule has 1 aromatic carbocycles. The van der Waals surface area contributed by atoms with Gasteiger partial charge in [0.15, 0.2) is 0 Å². The molecule has 0 aliphatic carbocycles. The van der Waals surface area contributed by atoms with Crippen molar-refractivity contribution in [1.82, 2.24) is 4.72 Å². The lowest BCUT2D eigenvalue weighted by Gasteiger charge is -2.11. The smallest absolute Gasteiger partial charge is 0.315 e. The van der Waals surface area contributed by atoms with Gasteiger partial charge in [0.1, 0.15) is 6.04 Å². The molecule has 0 bridgehead atoms. The van der Waals surface area contributed by atoms with E-state index >= 15 is 0 Å². The lowest BCUT2D eigenvalue weighted by molar-refractivity contribution is -0.141. The number of sulfonamides is 1. The van der Waals surface area contributed by atoms with Gasteiger partial charge >= 0.3 is 5.97 Å². The minimum absolute atomic E-state index is 0.0626. The molecule has 0 amide bonds. The number of hydrogen-bond acceptors (Lipinski definition) is 5. The van der Waals surface area contributed by atoms with Crippen LogP contribution >= 0.6 is 0 Å². The van der Waals surface area contributed by atoms with Crippen LogP contribution in [0.25, 0.3) is 10.4 Å². The predicted molar refractivity (Wildman–Crippen MR) is 71.3 cm³/mol.